The van der Waals surface area contributed by atoms with Crippen LogP contribution in [0, 0.1) is 5.92 Å². The summed E-state index contributed by atoms with van der Waals surface area (Å²) in [6, 6.07) is 5.53. The number of ether oxygens (including phenoxy) is 2. The zero-order chi connectivity index (χ0) is 14.7. The average Bonchev–Trinajstić information content (AvgIpc) is 2.43. The van der Waals surface area contributed by atoms with Crippen LogP contribution in [0.15, 0.2) is 18.2 Å². The Hall–Kier alpha value is -1.75. The van der Waals surface area contributed by atoms with Gasteiger partial charge in [-0.05, 0) is 37.0 Å². The Morgan fingerprint density at radius 2 is 1.95 bits per heavy atom. The van der Waals surface area contributed by atoms with Gasteiger partial charge in [-0.3, -0.25) is 4.79 Å². The topological polar surface area (TPSA) is 64.8 Å². The lowest BCUT2D eigenvalue weighted by Crippen LogP contribution is -2.43. The van der Waals surface area contributed by atoms with Gasteiger partial charge in [-0.2, -0.15) is 0 Å². The van der Waals surface area contributed by atoms with E-state index in [9.17, 15) is 4.79 Å². The lowest BCUT2D eigenvalue weighted by Gasteiger charge is -2.35. The first-order chi connectivity index (χ1) is 9.55. The van der Waals surface area contributed by atoms with Crippen LogP contribution in [0.5, 0.6) is 11.5 Å². The number of amides is 1. The van der Waals surface area contributed by atoms with Crippen LogP contribution in [-0.2, 0) is 0 Å². The minimum Gasteiger partial charge on any atom is -0.493 e. The summed E-state index contributed by atoms with van der Waals surface area (Å²) < 4.78 is 10.4. The van der Waals surface area contributed by atoms with E-state index in [0.717, 1.165) is 19.4 Å². The molecule has 1 aromatic carbocycles. The van der Waals surface area contributed by atoms with Gasteiger partial charge in [0, 0.05) is 25.2 Å². The molecule has 1 amide bonds. The molecule has 0 heterocycles. The minimum absolute atomic E-state index is 0.00794. The highest BCUT2D eigenvalue weighted by molar-refractivity contribution is 5.94. The number of carbonyl (C=O) groups excluding carboxylic acids is 1. The third kappa shape index (κ3) is 3.04. The molecule has 1 aromatic rings. The molecule has 2 N–H and O–H groups in total. The third-order valence-electron chi connectivity index (χ3n) is 3.78. The summed E-state index contributed by atoms with van der Waals surface area (Å²) in [4.78, 5) is 14.1. The number of carbonyl (C=O) groups is 1. The summed E-state index contributed by atoms with van der Waals surface area (Å²) in [6.07, 6.45) is 2.01. The SMILES string of the molecule is COc1ccc(C(=O)N(C)CC2CC(N)C2)cc1OC. The molecule has 0 atom stereocenters. The fourth-order valence-corrected chi connectivity index (χ4v) is 2.60. The first-order valence-electron chi connectivity index (χ1n) is 6.78. The van der Waals surface area contributed by atoms with E-state index < -0.39 is 0 Å². The average molecular weight is 278 g/mol. The zero-order valence-electron chi connectivity index (χ0n) is 12.3. The maximum atomic E-state index is 12.4. The summed E-state index contributed by atoms with van der Waals surface area (Å²) in [5.74, 6) is 1.71. The Labute approximate surface area is 119 Å². The monoisotopic (exact) mass is 278 g/mol. The zero-order valence-corrected chi connectivity index (χ0v) is 12.3. The molecule has 1 saturated carbocycles. The van der Waals surface area contributed by atoms with Crippen molar-refractivity contribution >= 4 is 5.91 Å². The van der Waals surface area contributed by atoms with Crippen molar-refractivity contribution in [2.75, 3.05) is 27.8 Å². The molecule has 5 nitrogen and oxygen atoms in total. The molecule has 0 bridgehead atoms. The highest BCUT2D eigenvalue weighted by Gasteiger charge is 2.28. The molecule has 1 aliphatic rings. The number of hydrogen-bond donors (Lipinski definition) is 1. The smallest absolute Gasteiger partial charge is 0.253 e. The van der Waals surface area contributed by atoms with Crippen molar-refractivity contribution in [3.05, 3.63) is 23.8 Å². The maximum absolute atomic E-state index is 12.4. The molecule has 0 radical (unpaired) electrons. The summed E-state index contributed by atoms with van der Waals surface area (Å²) in [6.45, 7) is 0.751. The number of hydrogen-bond acceptors (Lipinski definition) is 4. The van der Waals surface area contributed by atoms with Gasteiger partial charge < -0.3 is 20.1 Å². The first kappa shape index (κ1) is 14.7. The molecule has 2 rings (SSSR count). The molecule has 5 heteroatoms. The number of nitrogens with zero attached hydrogens (tertiary/aromatic N) is 1. The Balaban J connectivity index is 2.04. The van der Waals surface area contributed by atoms with Crippen LogP contribution in [0.25, 0.3) is 0 Å². The molecule has 0 spiro atoms. The van der Waals surface area contributed by atoms with Crippen molar-refractivity contribution in [3.8, 4) is 11.5 Å². The van der Waals surface area contributed by atoms with Gasteiger partial charge in [0.25, 0.3) is 5.91 Å². The normalized spacial score (nSPS) is 21.0. The number of benzene rings is 1. The Bertz CT molecular complexity index is 484. The highest BCUT2D eigenvalue weighted by Crippen LogP contribution is 2.29. The first-order valence-corrected chi connectivity index (χ1v) is 6.78. The van der Waals surface area contributed by atoms with Crippen molar-refractivity contribution < 1.29 is 14.3 Å². The van der Waals surface area contributed by atoms with Crippen molar-refractivity contribution in [2.24, 2.45) is 11.7 Å². The van der Waals surface area contributed by atoms with E-state index in [1.165, 1.54) is 0 Å². The number of nitrogens with two attached hydrogens (primary N) is 1. The summed E-state index contributed by atoms with van der Waals surface area (Å²) in [7, 11) is 4.96. The molecule has 1 aliphatic carbocycles. The fraction of sp³-hybridized carbons (Fsp3) is 0.533. The Morgan fingerprint density at radius 1 is 1.30 bits per heavy atom. The van der Waals surface area contributed by atoms with E-state index in [1.807, 2.05) is 7.05 Å². The van der Waals surface area contributed by atoms with Crippen LogP contribution < -0.4 is 15.2 Å². The van der Waals surface area contributed by atoms with Gasteiger partial charge in [0.2, 0.25) is 0 Å². The van der Waals surface area contributed by atoms with Gasteiger partial charge in [0.1, 0.15) is 0 Å². The molecule has 20 heavy (non-hydrogen) atoms. The van der Waals surface area contributed by atoms with Gasteiger partial charge >= 0.3 is 0 Å². The van der Waals surface area contributed by atoms with E-state index in [0.29, 0.717) is 29.0 Å². The van der Waals surface area contributed by atoms with Crippen molar-refractivity contribution in [1.82, 2.24) is 4.90 Å². The van der Waals surface area contributed by atoms with Crippen LogP contribution >= 0.6 is 0 Å². The molecule has 1 fully saturated rings. The van der Waals surface area contributed by atoms with Gasteiger partial charge in [-0.1, -0.05) is 0 Å². The minimum atomic E-state index is -0.00794. The predicted molar refractivity (Wildman–Crippen MR) is 77.2 cm³/mol. The van der Waals surface area contributed by atoms with Crippen molar-refractivity contribution in [2.45, 2.75) is 18.9 Å². The summed E-state index contributed by atoms with van der Waals surface area (Å²) in [5.41, 5.74) is 6.37. The van der Waals surface area contributed by atoms with Crippen LogP contribution in [0.2, 0.25) is 0 Å². The molecule has 0 saturated heterocycles. The van der Waals surface area contributed by atoms with Gasteiger partial charge in [-0.15, -0.1) is 0 Å². The molecule has 0 unspecified atom stereocenters. The number of methoxy groups -OCH3 is 2. The molecule has 0 aliphatic heterocycles. The van der Waals surface area contributed by atoms with E-state index in [4.69, 9.17) is 15.2 Å². The van der Waals surface area contributed by atoms with E-state index in [-0.39, 0.29) is 5.91 Å². The lowest BCUT2D eigenvalue weighted by molar-refractivity contribution is 0.0733. The summed E-state index contributed by atoms with van der Waals surface area (Å²) in [5, 5.41) is 0. The Kier molecular flexibility index (Phi) is 4.49. The second-order valence-electron chi connectivity index (χ2n) is 5.35. The molecule has 0 aromatic heterocycles. The third-order valence-corrected chi connectivity index (χ3v) is 3.78. The van der Waals surface area contributed by atoms with Gasteiger partial charge in [0.15, 0.2) is 11.5 Å². The second-order valence-corrected chi connectivity index (χ2v) is 5.35. The molecular formula is C15H22N2O3. The van der Waals surface area contributed by atoms with Gasteiger partial charge in [-0.25, -0.2) is 0 Å². The lowest BCUT2D eigenvalue weighted by atomic mass is 9.80. The summed E-state index contributed by atoms with van der Waals surface area (Å²) >= 11 is 0. The standard InChI is InChI=1S/C15H22N2O3/c1-17(9-10-6-12(16)7-10)15(18)11-4-5-13(19-2)14(8-11)20-3/h4-5,8,10,12H,6-7,9,16H2,1-3H3. The number of rotatable bonds is 5. The van der Waals surface area contributed by atoms with E-state index >= 15 is 0 Å². The molecule has 110 valence electrons. The maximum Gasteiger partial charge on any atom is 0.253 e. The van der Waals surface area contributed by atoms with E-state index in [2.05, 4.69) is 0 Å². The largest absolute Gasteiger partial charge is 0.493 e. The fourth-order valence-electron chi connectivity index (χ4n) is 2.60. The van der Waals surface area contributed by atoms with Crippen LogP contribution in [0.1, 0.15) is 23.2 Å². The van der Waals surface area contributed by atoms with Crippen LogP contribution in [-0.4, -0.2) is 44.7 Å². The van der Waals surface area contributed by atoms with Gasteiger partial charge in [0.05, 0.1) is 14.2 Å². The van der Waals surface area contributed by atoms with Crippen LogP contribution in [0.3, 0.4) is 0 Å². The van der Waals surface area contributed by atoms with Crippen LogP contribution in [0.4, 0.5) is 0 Å². The van der Waals surface area contributed by atoms with Crippen molar-refractivity contribution in [3.63, 3.8) is 0 Å². The second kappa shape index (κ2) is 6.13. The predicted octanol–water partition coefficient (Wildman–Crippen LogP) is 1.51. The molecular weight excluding hydrogens is 256 g/mol. The Morgan fingerprint density at radius 3 is 2.50 bits per heavy atom. The van der Waals surface area contributed by atoms with E-state index in [1.54, 1.807) is 37.3 Å². The quantitative estimate of drug-likeness (QED) is 0.886. The van der Waals surface area contributed by atoms with Crippen molar-refractivity contribution in [1.29, 1.82) is 0 Å². The highest BCUT2D eigenvalue weighted by atomic mass is 16.5.